The molecule has 0 bridgehead atoms. The van der Waals surface area contributed by atoms with E-state index in [2.05, 4.69) is 15.3 Å². The minimum absolute atomic E-state index is 0.297. The van der Waals surface area contributed by atoms with Crippen LogP contribution in [0.2, 0.25) is 0 Å². The third kappa shape index (κ3) is 1.93. The average molecular weight is 244 g/mol. The predicted octanol–water partition coefficient (Wildman–Crippen LogP) is 1.51. The molecule has 0 spiro atoms. The van der Waals surface area contributed by atoms with Gasteiger partial charge in [0, 0.05) is 30.6 Å². The highest BCUT2D eigenvalue weighted by Gasteiger charge is 2.16. The largest absolute Gasteiger partial charge is 0.383 e. The summed E-state index contributed by atoms with van der Waals surface area (Å²) in [5.74, 6) is 0.674. The number of nitrogen functional groups attached to an aromatic ring is 1. The van der Waals surface area contributed by atoms with Gasteiger partial charge in [0.1, 0.15) is 11.6 Å². The van der Waals surface area contributed by atoms with Crippen LogP contribution in [0.1, 0.15) is 11.3 Å². The van der Waals surface area contributed by atoms with Crippen LogP contribution in [0.5, 0.6) is 0 Å². The number of nitrogens with one attached hydrogen (secondary N) is 1. The summed E-state index contributed by atoms with van der Waals surface area (Å²) in [6, 6.07) is 6.24. The molecule has 0 atom stereocenters. The van der Waals surface area contributed by atoms with Gasteiger partial charge >= 0.3 is 0 Å². The maximum absolute atomic E-state index is 13.2. The molecule has 2 aromatic rings. The van der Waals surface area contributed by atoms with Crippen LogP contribution in [0.15, 0.2) is 24.3 Å². The topological polar surface area (TPSA) is 63.8 Å². The predicted molar refractivity (Wildman–Crippen MR) is 67.2 cm³/mol. The summed E-state index contributed by atoms with van der Waals surface area (Å²) in [6.07, 6.45) is 0.824. The zero-order chi connectivity index (χ0) is 12.5. The molecule has 1 aromatic carbocycles. The van der Waals surface area contributed by atoms with Gasteiger partial charge in [0.05, 0.1) is 5.69 Å². The summed E-state index contributed by atoms with van der Waals surface area (Å²) in [5.41, 5.74) is 8.51. The van der Waals surface area contributed by atoms with Gasteiger partial charge in [-0.05, 0) is 12.1 Å². The second-order valence-corrected chi connectivity index (χ2v) is 4.29. The number of hydrogen-bond acceptors (Lipinski definition) is 4. The van der Waals surface area contributed by atoms with Crippen LogP contribution >= 0.6 is 0 Å². The van der Waals surface area contributed by atoms with E-state index in [0.717, 1.165) is 24.2 Å². The maximum Gasteiger partial charge on any atom is 0.161 e. The molecular weight excluding hydrogens is 231 g/mol. The summed E-state index contributed by atoms with van der Waals surface area (Å²) in [6.45, 7) is 1.58. The Balaban J connectivity index is 2.11. The fourth-order valence-corrected chi connectivity index (χ4v) is 2.13. The number of fused-ring (bicyclic) bond motifs is 1. The van der Waals surface area contributed by atoms with Gasteiger partial charge in [-0.2, -0.15) is 0 Å². The summed E-state index contributed by atoms with van der Waals surface area (Å²) < 4.78 is 13.2. The molecule has 1 aliphatic rings. The van der Waals surface area contributed by atoms with Crippen molar-refractivity contribution >= 4 is 5.82 Å². The van der Waals surface area contributed by atoms with Crippen LogP contribution in [0.3, 0.4) is 0 Å². The van der Waals surface area contributed by atoms with E-state index in [0.29, 0.717) is 23.8 Å². The maximum atomic E-state index is 13.2. The third-order valence-electron chi connectivity index (χ3n) is 3.05. The molecule has 0 radical (unpaired) electrons. The van der Waals surface area contributed by atoms with Crippen LogP contribution in [-0.2, 0) is 13.0 Å². The number of nitrogens with two attached hydrogens (primary N) is 1. The Hall–Kier alpha value is -2.01. The second kappa shape index (κ2) is 4.34. The first kappa shape index (κ1) is 11.1. The molecule has 0 amide bonds. The van der Waals surface area contributed by atoms with Gasteiger partial charge in [-0.3, -0.25) is 0 Å². The molecule has 4 nitrogen and oxygen atoms in total. The zero-order valence-electron chi connectivity index (χ0n) is 9.78. The first-order chi connectivity index (χ1) is 8.74. The standard InChI is InChI=1S/C13H13FN4/c14-9-3-1-2-8(6-9)13-17-11-4-5-16-7-10(11)12(15)18-13/h1-3,6,16H,4-5,7H2,(H2,15,17,18). The molecule has 1 aliphatic heterocycles. The van der Waals surface area contributed by atoms with Gasteiger partial charge in [-0.1, -0.05) is 12.1 Å². The molecule has 18 heavy (non-hydrogen) atoms. The molecule has 3 N–H and O–H groups in total. The molecule has 0 aliphatic carbocycles. The number of halogens is 1. The molecule has 0 unspecified atom stereocenters. The van der Waals surface area contributed by atoms with Crippen molar-refractivity contribution in [3.05, 3.63) is 41.3 Å². The summed E-state index contributed by atoms with van der Waals surface area (Å²) >= 11 is 0. The summed E-state index contributed by atoms with van der Waals surface area (Å²) in [4.78, 5) is 8.75. The number of nitrogens with zero attached hydrogens (tertiary/aromatic N) is 2. The second-order valence-electron chi connectivity index (χ2n) is 4.29. The molecular formula is C13H13FN4. The lowest BCUT2D eigenvalue weighted by atomic mass is 10.1. The van der Waals surface area contributed by atoms with Gasteiger partial charge < -0.3 is 11.1 Å². The fraction of sp³-hybridized carbons (Fsp3) is 0.231. The quantitative estimate of drug-likeness (QED) is 0.798. The van der Waals surface area contributed by atoms with Gasteiger partial charge in [0.25, 0.3) is 0 Å². The van der Waals surface area contributed by atoms with Crippen molar-refractivity contribution in [1.29, 1.82) is 0 Å². The molecule has 2 heterocycles. The van der Waals surface area contributed by atoms with E-state index in [9.17, 15) is 4.39 Å². The SMILES string of the molecule is Nc1nc(-c2cccc(F)c2)nc2c1CNCC2. The van der Waals surface area contributed by atoms with Crippen molar-refractivity contribution in [3.8, 4) is 11.4 Å². The third-order valence-corrected chi connectivity index (χ3v) is 3.05. The first-order valence-corrected chi connectivity index (χ1v) is 5.86. The molecule has 5 heteroatoms. The van der Waals surface area contributed by atoms with Gasteiger partial charge in [0.15, 0.2) is 5.82 Å². The lowest BCUT2D eigenvalue weighted by Gasteiger charge is -2.18. The highest BCUT2D eigenvalue weighted by atomic mass is 19.1. The van der Waals surface area contributed by atoms with E-state index in [-0.39, 0.29) is 5.82 Å². The molecule has 92 valence electrons. The minimum Gasteiger partial charge on any atom is -0.383 e. The van der Waals surface area contributed by atoms with Gasteiger partial charge in [-0.25, -0.2) is 14.4 Å². The van der Waals surface area contributed by atoms with E-state index in [4.69, 9.17) is 5.73 Å². The highest BCUT2D eigenvalue weighted by Crippen LogP contribution is 2.23. The van der Waals surface area contributed by atoms with Crippen LogP contribution in [-0.4, -0.2) is 16.5 Å². The van der Waals surface area contributed by atoms with E-state index >= 15 is 0 Å². The van der Waals surface area contributed by atoms with E-state index in [1.165, 1.54) is 12.1 Å². The minimum atomic E-state index is -0.297. The van der Waals surface area contributed by atoms with E-state index in [1.807, 2.05) is 0 Å². The van der Waals surface area contributed by atoms with Crippen LogP contribution in [0, 0.1) is 5.82 Å². The molecule has 0 fully saturated rings. The Morgan fingerprint density at radius 2 is 2.17 bits per heavy atom. The highest BCUT2D eigenvalue weighted by molar-refractivity contribution is 5.59. The first-order valence-electron chi connectivity index (χ1n) is 5.86. The van der Waals surface area contributed by atoms with Gasteiger partial charge in [-0.15, -0.1) is 0 Å². The van der Waals surface area contributed by atoms with Crippen molar-refractivity contribution in [2.75, 3.05) is 12.3 Å². The number of rotatable bonds is 1. The van der Waals surface area contributed by atoms with Crippen LogP contribution in [0.4, 0.5) is 10.2 Å². The Morgan fingerprint density at radius 1 is 1.28 bits per heavy atom. The lowest BCUT2D eigenvalue weighted by Crippen LogP contribution is -2.26. The molecule has 0 saturated heterocycles. The van der Waals surface area contributed by atoms with Crippen LogP contribution in [0.25, 0.3) is 11.4 Å². The van der Waals surface area contributed by atoms with E-state index < -0.39 is 0 Å². The number of hydrogen-bond donors (Lipinski definition) is 2. The number of anilines is 1. The van der Waals surface area contributed by atoms with E-state index in [1.54, 1.807) is 12.1 Å². The van der Waals surface area contributed by atoms with Crippen molar-refractivity contribution < 1.29 is 4.39 Å². The van der Waals surface area contributed by atoms with Crippen molar-refractivity contribution in [3.63, 3.8) is 0 Å². The van der Waals surface area contributed by atoms with Gasteiger partial charge in [0.2, 0.25) is 0 Å². The fourth-order valence-electron chi connectivity index (χ4n) is 2.13. The lowest BCUT2D eigenvalue weighted by molar-refractivity contribution is 0.625. The Morgan fingerprint density at radius 3 is 3.00 bits per heavy atom. The molecule has 1 aromatic heterocycles. The number of benzene rings is 1. The van der Waals surface area contributed by atoms with Crippen molar-refractivity contribution in [2.24, 2.45) is 0 Å². The molecule has 3 rings (SSSR count). The Bertz CT molecular complexity index is 598. The average Bonchev–Trinajstić information content (AvgIpc) is 2.39. The Kier molecular flexibility index (Phi) is 2.68. The Labute approximate surface area is 104 Å². The van der Waals surface area contributed by atoms with Crippen LogP contribution < -0.4 is 11.1 Å². The monoisotopic (exact) mass is 244 g/mol. The summed E-state index contributed by atoms with van der Waals surface area (Å²) in [7, 11) is 0. The zero-order valence-corrected chi connectivity index (χ0v) is 9.78. The smallest absolute Gasteiger partial charge is 0.161 e. The van der Waals surface area contributed by atoms with Crippen molar-refractivity contribution in [2.45, 2.75) is 13.0 Å². The molecule has 0 saturated carbocycles. The summed E-state index contributed by atoms with van der Waals surface area (Å²) in [5, 5.41) is 3.23. The van der Waals surface area contributed by atoms with Crippen molar-refractivity contribution in [1.82, 2.24) is 15.3 Å². The number of aromatic nitrogens is 2. The normalized spacial score (nSPS) is 14.3.